The van der Waals surface area contributed by atoms with Crippen molar-refractivity contribution in [3.8, 4) is 0 Å². The van der Waals surface area contributed by atoms with Crippen LogP contribution in [0.2, 0.25) is 0 Å². The van der Waals surface area contributed by atoms with Gasteiger partial charge in [-0.1, -0.05) is 5.16 Å². The van der Waals surface area contributed by atoms with Crippen LogP contribution in [-0.4, -0.2) is 46.0 Å². The fourth-order valence-corrected chi connectivity index (χ4v) is 3.05. The first kappa shape index (κ1) is 17.6. The van der Waals surface area contributed by atoms with Crippen LogP contribution in [0.1, 0.15) is 39.6 Å². The smallest absolute Gasteiger partial charge is 0.270 e. The average Bonchev–Trinajstić information content (AvgIpc) is 3.08. The van der Waals surface area contributed by atoms with E-state index in [0.29, 0.717) is 37.6 Å². The fraction of sp³-hybridized carbons (Fsp3) is 0.588. The Kier molecular flexibility index (Phi) is 5.19. The Balaban J connectivity index is 1.66. The van der Waals surface area contributed by atoms with Gasteiger partial charge in [0.25, 0.3) is 5.91 Å². The zero-order chi connectivity index (χ0) is 18.0. The average molecular weight is 348 g/mol. The van der Waals surface area contributed by atoms with Crippen molar-refractivity contribution in [3.63, 3.8) is 0 Å². The van der Waals surface area contributed by atoms with Crippen LogP contribution in [0.25, 0.3) is 0 Å². The summed E-state index contributed by atoms with van der Waals surface area (Å²) in [6, 6.07) is -0.115. The van der Waals surface area contributed by atoms with E-state index in [1.807, 2.05) is 27.8 Å². The third-order valence-electron chi connectivity index (χ3n) is 4.58. The molecular weight excluding hydrogens is 324 g/mol. The van der Waals surface area contributed by atoms with Gasteiger partial charge in [0.2, 0.25) is 0 Å². The van der Waals surface area contributed by atoms with E-state index < -0.39 is 0 Å². The molecule has 8 heteroatoms. The molecule has 0 saturated carbocycles. The highest BCUT2D eigenvalue weighted by Crippen LogP contribution is 2.18. The summed E-state index contributed by atoms with van der Waals surface area (Å²) >= 11 is 0. The van der Waals surface area contributed by atoms with Gasteiger partial charge in [0.05, 0.1) is 37.0 Å². The Morgan fingerprint density at radius 2 is 2.20 bits per heavy atom. The summed E-state index contributed by atoms with van der Waals surface area (Å²) in [7, 11) is 1.81. The Morgan fingerprint density at radius 1 is 1.40 bits per heavy atom. The maximum atomic E-state index is 12.6. The summed E-state index contributed by atoms with van der Waals surface area (Å²) in [5.74, 6) is 0.607. The molecule has 0 radical (unpaired) electrons. The first-order valence-electron chi connectivity index (χ1n) is 8.37. The Morgan fingerprint density at radius 3 is 2.84 bits per heavy atom. The molecule has 0 unspecified atom stereocenters. The zero-order valence-electron chi connectivity index (χ0n) is 15.0. The molecule has 136 valence electrons. The SMILES string of the molecule is Cc1noc(C)c1CO[C@@H]1COCC[C@H]1NC(=O)c1c(C)ncn1C. The molecule has 0 bridgehead atoms. The standard InChI is InChI=1S/C17H24N4O4/c1-10-13(12(3)25-20-10)7-24-15-8-23-6-5-14(15)19-17(22)16-11(2)18-9-21(16)4/h9,14-15H,5-8H2,1-4H3,(H,19,22)/t14-,15-/m1/s1. The minimum atomic E-state index is -0.222. The number of carbonyl (C=O) groups excluding carboxylic acids is 1. The molecule has 1 N–H and O–H groups in total. The largest absolute Gasteiger partial charge is 0.379 e. The molecule has 2 aromatic heterocycles. The molecule has 2 aromatic rings. The summed E-state index contributed by atoms with van der Waals surface area (Å²) in [4.78, 5) is 16.8. The molecule has 0 aliphatic carbocycles. The van der Waals surface area contributed by atoms with E-state index in [2.05, 4.69) is 15.5 Å². The summed E-state index contributed by atoms with van der Waals surface area (Å²) in [6.07, 6.45) is 2.12. The molecule has 25 heavy (non-hydrogen) atoms. The highest BCUT2D eigenvalue weighted by Gasteiger charge is 2.30. The molecule has 8 nitrogen and oxygen atoms in total. The zero-order valence-corrected chi connectivity index (χ0v) is 15.0. The van der Waals surface area contributed by atoms with Gasteiger partial charge in [-0.2, -0.15) is 0 Å². The van der Waals surface area contributed by atoms with Crippen LogP contribution in [0, 0.1) is 20.8 Å². The van der Waals surface area contributed by atoms with E-state index in [9.17, 15) is 4.79 Å². The van der Waals surface area contributed by atoms with Gasteiger partial charge >= 0.3 is 0 Å². The maximum Gasteiger partial charge on any atom is 0.270 e. The lowest BCUT2D eigenvalue weighted by Crippen LogP contribution is -2.50. The van der Waals surface area contributed by atoms with Crippen LogP contribution in [0.3, 0.4) is 0 Å². The second kappa shape index (κ2) is 7.37. The van der Waals surface area contributed by atoms with E-state index in [1.165, 1.54) is 0 Å². The van der Waals surface area contributed by atoms with Gasteiger partial charge < -0.3 is 23.9 Å². The van der Waals surface area contributed by atoms with E-state index >= 15 is 0 Å². The highest BCUT2D eigenvalue weighted by atomic mass is 16.5. The maximum absolute atomic E-state index is 12.6. The van der Waals surface area contributed by atoms with Crippen LogP contribution >= 0.6 is 0 Å². The number of hydrogen-bond acceptors (Lipinski definition) is 6. The minimum Gasteiger partial charge on any atom is -0.379 e. The first-order valence-corrected chi connectivity index (χ1v) is 8.37. The number of carbonyl (C=O) groups is 1. The van der Waals surface area contributed by atoms with Gasteiger partial charge in [-0.05, 0) is 27.2 Å². The second-order valence-electron chi connectivity index (χ2n) is 6.39. The first-order chi connectivity index (χ1) is 12.0. The van der Waals surface area contributed by atoms with Crippen molar-refractivity contribution in [2.24, 2.45) is 7.05 Å². The van der Waals surface area contributed by atoms with Crippen molar-refractivity contribution in [1.82, 2.24) is 20.0 Å². The van der Waals surface area contributed by atoms with Gasteiger partial charge in [0.1, 0.15) is 17.6 Å². The van der Waals surface area contributed by atoms with Gasteiger partial charge in [0, 0.05) is 19.2 Å². The molecule has 3 heterocycles. The van der Waals surface area contributed by atoms with E-state index in [1.54, 1.807) is 10.9 Å². The van der Waals surface area contributed by atoms with E-state index in [-0.39, 0.29) is 18.1 Å². The third kappa shape index (κ3) is 3.74. The Bertz CT molecular complexity index is 713. The molecule has 2 atom stereocenters. The predicted molar refractivity (Wildman–Crippen MR) is 89.2 cm³/mol. The fourth-order valence-electron chi connectivity index (χ4n) is 3.05. The van der Waals surface area contributed by atoms with Crippen LogP contribution in [0.15, 0.2) is 10.9 Å². The number of amides is 1. The van der Waals surface area contributed by atoms with Crippen molar-refractivity contribution in [3.05, 3.63) is 34.7 Å². The third-order valence-corrected chi connectivity index (χ3v) is 4.58. The Hall–Kier alpha value is -2.19. The number of rotatable bonds is 5. The van der Waals surface area contributed by atoms with Crippen molar-refractivity contribution in [2.45, 2.75) is 45.9 Å². The Labute approximate surface area is 146 Å². The molecule has 1 amide bonds. The minimum absolute atomic E-state index is 0.115. The lowest BCUT2D eigenvalue weighted by Gasteiger charge is -2.32. The number of aromatic nitrogens is 3. The van der Waals surface area contributed by atoms with Crippen molar-refractivity contribution < 1.29 is 18.8 Å². The summed E-state index contributed by atoms with van der Waals surface area (Å²) < 4.78 is 18.4. The molecule has 1 fully saturated rings. The van der Waals surface area contributed by atoms with Crippen LogP contribution in [0.5, 0.6) is 0 Å². The van der Waals surface area contributed by atoms with E-state index in [4.69, 9.17) is 14.0 Å². The number of nitrogens with one attached hydrogen (secondary N) is 1. The van der Waals surface area contributed by atoms with Crippen LogP contribution < -0.4 is 5.32 Å². The second-order valence-corrected chi connectivity index (χ2v) is 6.39. The summed E-state index contributed by atoms with van der Waals surface area (Å²) in [5.41, 5.74) is 3.04. The lowest BCUT2D eigenvalue weighted by atomic mass is 10.1. The monoisotopic (exact) mass is 348 g/mol. The van der Waals surface area contributed by atoms with Crippen LogP contribution in [0.4, 0.5) is 0 Å². The topological polar surface area (TPSA) is 91.4 Å². The summed E-state index contributed by atoms with van der Waals surface area (Å²) in [6.45, 7) is 6.99. The van der Waals surface area contributed by atoms with Crippen molar-refractivity contribution >= 4 is 5.91 Å². The van der Waals surface area contributed by atoms with Crippen molar-refractivity contribution in [1.29, 1.82) is 0 Å². The molecule has 1 aliphatic heterocycles. The number of ether oxygens (including phenoxy) is 2. The molecule has 1 aliphatic rings. The van der Waals surface area contributed by atoms with Gasteiger partial charge in [0.15, 0.2) is 0 Å². The quantitative estimate of drug-likeness (QED) is 0.879. The molecule has 1 saturated heterocycles. The summed E-state index contributed by atoms with van der Waals surface area (Å²) in [5, 5.41) is 7.00. The molecule has 0 aromatic carbocycles. The van der Waals surface area contributed by atoms with Gasteiger partial charge in [-0.15, -0.1) is 0 Å². The van der Waals surface area contributed by atoms with Crippen LogP contribution in [-0.2, 0) is 23.1 Å². The molecule has 0 spiro atoms. The lowest BCUT2D eigenvalue weighted by molar-refractivity contribution is -0.0739. The van der Waals surface area contributed by atoms with Gasteiger partial charge in [-0.3, -0.25) is 4.79 Å². The van der Waals surface area contributed by atoms with Crippen molar-refractivity contribution in [2.75, 3.05) is 13.2 Å². The highest BCUT2D eigenvalue weighted by molar-refractivity contribution is 5.93. The van der Waals surface area contributed by atoms with E-state index in [0.717, 1.165) is 17.0 Å². The number of nitrogens with zero attached hydrogens (tertiary/aromatic N) is 3. The number of imidazole rings is 1. The normalized spacial score (nSPS) is 20.6. The number of aryl methyl sites for hydroxylation is 4. The van der Waals surface area contributed by atoms with Gasteiger partial charge in [-0.25, -0.2) is 4.98 Å². The molecular formula is C17H24N4O4. The number of hydrogen-bond donors (Lipinski definition) is 1. The molecule has 3 rings (SSSR count). The predicted octanol–water partition coefficient (Wildman–Crippen LogP) is 1.44.